The molecule has 1 fully saturated rings. The van der Waals surface area contributed by atoms with E-state index in [0.717, 1.165) is 5.75 Å². The highest BCUT2D eigenvalue weighted by Gasteiger charge is 2.15. The number of nitrogens with one attached hydrogen (secondary N) is 2. The molecule has 2 N–H and O–H groups in total. The van der Waals surface area contributed by atoms with E-state index < -0.39 is 0 Å². The van der Waals surface area contributed by atoms with Gasteiger partial charge in [0.25, 0.3) is 5.91 Å². The zero-order chi connectivity index (χ0) is 14.4. The molecule has 0 bridgehead atoms. The molecule has 1 aromatic rings. The van der Waals surface area contributed by atoms with Crippen LogP contribution in [0.1, 0.15) is 0 Å². The molecule has 0 unspecified atom stereocenters. The third kappa shape index (κ3) is 4.16. The molecule has 108 valence electrons. The molecule has 0 atom stereocenters. The van der Waals surface area contributed by atoms with Crippen molar-refractivity contribution in [3.05, 3.63) is 24.3 Å². The first-order chi connectivity index (χ1) is 9.69. The SMILES string of the molecule is COc1ccc(NC(=O)C(=S)NN2CCOCC2)cc1. The number of morpholine rings is 1. The van der Waals surface area contributed by atoms with Gasteiger partial charge in [-0.15, -0.1) is 0 Å². The monoisotopic (exact) mass is 295 g/mol. The largest absolute Gasteiger partial charge is 0.497 e. The fraction of sp³-hybridized carbons (Fsp3) is 0.385. The Hall–Kier alpha value is -1.70. The van der Waals surface area contributed by atoms with Gasteiger partial charge in [0.2, 0.25) is 0 Å². The second-order valence-corrected chi connectivity index (χ2v) is 4.63. The van der Waals surface area contributed by atoms with Crippen LogP contribution in [0.25, 0.3) is 0 Å². The van der Waals surface area contributed by atoms with E-state index in [1.54, 1.807) is 31.4 Å². The maximum Gasteiger partial charge on any atom is 0.284 e. The Morgan fingerprint density at radius 1 is 1.30 bits per heavy atom. The molecule has 2 rings (SSSR count). The highest BCUT2D eigenvalue weighted by atomic mass is 32.1. The molecule has 1 aromatic carbocycles. The Kier molecular flexibility index (Phi) is 5.28. The summed E-state index contributed by atoms with van der Waals surface area (Å²) in [6.45, 7) is 2.68. The number of hydrogen-bond donors (Lipinski definition) is 2. The van der Waals surface area contributed by atoms with Crippen LogP contribution in [0.4, 0.5) is 5.69 Å². The van der Waals surface area contributed by atoms with Crippen LogP contribution in [0.5, 0.6) is 5.75 Å². The lowest BCUT2D eigenvalue weighted by atomic mass is 10.3. The first kappa shape index (κ1) is 14.7. The number of carbonyl (C=O) groups excluding carboxylic acids is 1. The number of methoxy groups -OCH3 is 1. The van der Waals surface area contributed by atoms with Crippen LogP contribution >= 0.6 is 12.2 Å². The number of rotatable bonds is 3. The van der Waals surface area contributed by atoms with E-state index in [2.05, 4.69) is 10.7 Å². The molecule has 0 spiro atoms. The van der Waals surface area contributed by atoms with Gasteiger partial charge in [-0.3, -0.25) is 4.79 Å². The Balaban J connectivity index is 1.84. The van der Waals surface area contributed by atoms with Crippen LogP contribution in [0, 0.1) is 0 Å². The van der Waals surface area contributed by atoms with Crippen molar-refractivity contribution in [3.8, 4) is 5.75 Å². The van der Waals surface area contributed by atoms with Crippen LogP contribution in [-0.2, 0) is 9.53 Å². The quantitative estimate of drug-likeness (QED) is 0.804. The molecule has 1 aliphatic heterocycles. The Morgan fingerprint density at radius 2 is 1.95 bits per heavy atom. The third-order valence-corrected chi connectivity index (χ3v) is 3.10. The van der Waals surface area contributed by atoms with Gasteiger partial charge in [-0.1, -0.05) is 12.2 Å². The van der Waals surface area contributed by atoms with Crippen molar-refractivity contribution in [2.45, 2.75) is 0 Å². The average Bonchev–Trinajstić information content (AvgIpc) is 2.49. The van der Waals surface area contributed by atoms with E-state index >= 15 is 0 Å². The van der Waals surface area contributed by atoms with Crippen LogP contribution in [0.15, 0.2) is 24.3 Å². The molecular weight excluding hydrogens is 278 g/mol. The summed E-state index contributed by atoms with van der Waals surface area (Å²) in [5.74, 6) is 0.397. The van der Waals surface area contributed by atoms with Crippen LogP contribution in [0.2, 0.25) is 0 Å². The second-order valence-electron chi connectivity index (χ2n) is 4.22. The molecule has 1 saturated heterocycles. The summed E-state index contributed by atoms with van der Waals surface area (Å²) in [4.78, 5) is 12.1. The van der Waals surface area contributed by atoms with E-state index in [1.165, 1.54) is 0 Å². The molecule has 1 aliphatic rings. The average molecular weight is 295 g/mol. The van der Waals surface area contributed by atoms with E-state index in [0.29, 0.717) is 32.0 Å². The Morgan fingerprint density at radius 3 is 2.55 bits per heavy atom. The van der Waals surface area contributed by atoms with Crippen LogP contribution < -0.4 is 15.5 Å². The van der Waals surface area contributed by atoms with Gasteiger partial charge in [0, 0.05) is 18.8 Å². The maximum absolute atomic E-state index is 11.9. The lowest BCUT2D eigenvalue weighted by Crippen LogP contribution is -2.50. The second kappa shape index (κ2) is 7.18. The number of thiocarbonyl (C=S) groups is 1. The first-order valence-electron chi connectivity index (χ1n) is 6.28. The highest BCUT2D eigenvalue weighted by molar-refractivity contribution is 7.82. The van der Waals surface area contributed by atoms with E-state index in [9.17, 15) is 4.79 Å². The zero-order valence-electron chi connectivity index (χ0n) is 11.2. The van der Waals surface area contributed by atoms with Gasteiger partial charge < -0.3 is 20.2 Å². The summed E-state index contributed by atoms with van der Waals surface area (Å²) in [6, 6.07) is 7.06. The molecule has 0 aromatic heterocycles. The summed E-state index contributed by atoms with van der Waals surface area (Å²) in [5, 5.41) is 4.60. The standard InChI is InChI=1S/C13H17N3O3S/c1-18-11-4-2-10(3-5-11)14-12(17)13(20)15-16-6-8-19-9-7-16/h2-5H,6-9H2,1H3,(H,14,17)(H,15,20). The van der Waals surface area contributed by atoms with Crippen molar-refractivity contribution in [2.24, 2.45) is 0 Å². The van der Waals surface area contributed by atoms with Gasteiger partial charge in [0.15, 0.2) is 4.99 Å². The summed E-state index contributed by atoms with van der Waals surface area (Å²) in [6.07, 6.45) is 0. The minimum Gasteiger partial charge on any atom is -0.497 e. The third-order valence-electron chi connectivity index (χ3n) is 2.82. The Bertz CT molecular complexity index is 472. The maximum atomic E-state index is 11.9. The van der Waals surface area contributed by atoms with E-state index in [4.69, 9.17) is 21.7 Å². The molecule has 1 amide bonds. The summed E-state index contributed by atoms with van der Waals surface area (Å²) in [5.41, 5.74) is 3.58. The van der Waals surface area contributed by atoms with Gasteiger partial charge in [0.05, 0.1) is 20.3 Å². The van der Waals surface area contributed by atoms with Crippen LogP contribution in [0.3, 0.4) is 0 Å². The van der Waals surface area contributed by atoms with Crippen molar-refractivity contribution < 1.29 is 14.3 Å². The molecule has 0 radical (unpaired) electrons. The number of benzene rings is 1. The van der Waals surface area contributed by atoms with Gasteiger partial charge >= 0.3 is 0 Å². The number of hydrogen-bond acceptors (Lipinski definition) is 5. The summed E-state index contributed by atoms with van der Waals surface area (Å²) < 4.78 is 10.3. The predicted octanol–water partition coefficient (Wildman–Crippen LogP) is 0.798. The van der Waals surface area contributed by atoms with Crippen molar-refractivity contribution in [1.29, 1.82) is 0 Å². The number of anilines is 1. The molecule has 7 heteroatoms. The van der Waals surface area contributed by atoms with Gasteiger partial charge in [0.1, 0.15) is 5.75 Å². The molecule has 0 aliphatic carbocycles. The predicted molar refractivity (Wildman–Crippen MR) is 79.7 cm³/mol. The van der Waals surface area contributed by atoms with Gasteiger partial charge in [-0.2, -0.15) is 0 Å². The smallest absolute Gasteiger partial charge is 0.284 e. The minimum atomic E-state index is -0.336. The topological polar surface area (TPSA) is 62.8 Å². The fourth-order valence-electron chi connectivity index (χ4n) is 1.73. The molecule has 1 heterocycles. The lowest BCUT2D eigenvalue weighted by molar-refractivity contribution is -0.110. The van der Waals surface area contributed by atoms with E-state index in [-0.39, 0.29) is 10.9 Å². The minimum absolute atomic E-state index is 0.141. The molecule has 20 heavy (non-hydrogen) atoms. The number of carbonyl (C=O) groups is 1. The Labute approximate surface area is 123 Å². The number of amides is 1. The van der Waals surface area contributed by atoms with Crippen molar-refractivity contribution in [1.82, 2.24) is 10.4 Å². The van der Waals surface area contributed by atoms with Gasteiger partial charge in [-0.25, -0.2) is 5.01 Å². The van der Waals surface area contributed by atoms with Crippen molar-refractivity contribution in [3.63, 3.8) is 0 Å². The normalized spacial score (nSPS) is 15.4. The summed E-state index contributed by atoms with van der Waals surface area (Å²) in [7, 11) is 1.59. The number of nitrogens with zero attached hydrogens (tertiary/aromatic N) is 1. The highest BCUT2D eigenvalue weighted by Crippen LogP contribution is 2.14. The molecule has 0 saturated carbocycles. The molecular formula is C13H17N3O3S. The fourth-order valence-corrected chi connectivity index (χ4v) is 1.91. The van der Waals surface area contributed by atoms with Crippen LogP contribution in [-0.4, -0.2) is 49.3 Å². The number of hydrazine groups is 1. The summed E-state index contributed by atoms with van der Waals surface area (Å²) >= 11 is 5.07. The number of ether oxygens (including phenoxy) is 2. The van der Waals surface area contributed by atoms with Gasteiger partial charge in [-0.05, 0) is 24.3 Å². The lowest BCUT2D eigenvalue weighted by Gasteiger charge is -2.27. The van der Waals surface area contributed by atoms with E-state index in [1.807, 2.05) is 5.01 Å². The van der Waals surface area contributed by atoms with Crippen molar-refractivity contribution in [2.75, 3.05) is 38.7 Å². The first-order valence-corrected chi connectivity index (χ1v) is 6.68. The molecule has 6 nitrogen and oxygen atoms in total. The zero-order valence-corrected chi connectivity index (χ0v) is 12.0. The van der Waals surface area contributed by atoms with Crippen molar-refractivity contribution >= 4 is 28.8 Å².